The average molecular weight is 439 g/mol. The van der Waals surface area contributed by atoms with Crippen LogP contribution in [0.15, 0.2) is 97.5 Å². The third-order valence-corrected chi connectivity index (χ3v) is 7.17. The van der Waals surface area contributed by atoms with E-state index in [0.29, 0.717) is 0 Å². The molecule has 0 N–H and O–H groups in total. The average Bonchev–Trinajstić information content (AvgIpc) is 3.28. The standard InChI is InChI=1S/C30H22N4/c1-30(2)23-11-6-12-25-28(23)34(29(33-25)26-15-16-31-18-32-26)27-14-13-20(17-24(27)30)22-10-5-8-19-7-3-4-9-21(19)22/h3-18H,1-2H3. The Morgan fingerprint density at radius 2 is 1.65 bits per heavy atom. The predicted molar refractivity (Wildman–Crippen MR) is 137 cm³/mol. The molecule has 0 bridgehead atoms. The van der Waals surface area contributed by atoms with Gasteiger partial charge in [-0.05, 0) is 57.3 Å². The molecule has 2 aromatic heterocycles. The van der Waals surface area contributed by atoms with E-state index in [1.165, 1.54) is 33.0 Å². The van der Waals surface area contributed by atoms with Crippen LogP contribution >= 0.6 is 0 Å². The first kappa shape index (κ1) is 19.2. The minimum Gasteiger partial charge on any atom is -0.290 e. The van der Waals surface area contributed by atoms with Crippen molar-refractivity contribution in [1.29, 1.82) is 0 Å². The molecule has 4 nitrogen and oxygen atoms in total. The topological polar surface area (TPSA) is 43.6 Å². The number of para-hydroxylation sites is 1. The van der Waals surface area contributed by atoms with E-state index in [9.17, 15) is 0 Å². The van der Waals surface area contributed by atoms with Gasteiger partial charge in [-0.2, -0.15) is 0 Å². The van der Waals surface area contributed by atoms with Crippen molar-refractivity contribution in [3.05, 3.63) is 109 Å². The highest BCUT2D eigenvalue weighted by molar-refractivity contribution is 5.97. The minimum atomic E-state index is -0.172. The molecule has 6 aromatic rings. The lowest BCUT2D eigenvalue weighted by Crippen LogP contribution is -2.26. The van der Waals surface area contributed by atoms with Gasteiger partial charge in [0.1, 0.15) is 12.0 Å². The van der Waals surface area contributed by atoms with Gasteiger partial charge in [-0.3, -0.25) is 4.57 Å². The molecule has 4 aromatic carbocycles. The van der Waals surface area contributed by atoms with Crippen molar-refractivity contribution >= 4 is 21.8 Å². The molecular formula is C30H22N4. The van der Waals surface area contributed by atoms with Crippen molar-refractivity contribution < 1.29 is 0 Å². The summed E-state index contributed by atoms with van der Waals surface area (Å²) < 4.78 is 2.28. The van der Waals surface area contributed by atoms with Crippen LogP contribution < -0.4 is 0 Å². The van der Waals surface area contributed by atoms with E-state index in [-0.39, 0.29) is 5.41 Å². The summed E-state index contributed by atoms with van der Waals surface area (Å²) in [5.74, 6) is 0.847. The van der Waals surface area contributed by atoms with Crippen LogP contribution in [0, 0.1) is 0 Å². The summed E-state index contributed by atoms with van der Waals surface area (Å²) in [6.07, 6.45) is 3.35. The van der Waals surface area contributed by atoms with E-state index < -0.39 is 0 Å². The van der Waals surface area contributed by atoms with Crippen LogP contribution in [0.5, 0.6) is 0 Å². The summed E-state index contributed by atoms with van der Waals surface area (Å²) in [5.41, 5.74) is 8.99. The summed E-state index contributed by atoms with van der Waals surface area (Å²) in [4.78, 5) is 13.6. The van der Waals surface area contributed by atoms with Gasteiger partial charge in [-0.15, -0.1) is 0 Å². The van der Waals surface area contributed by atoms with E-state index in [4.69, 9.17) is 4.98 Å². The number of aromatic nitrogens is 4. The number of hydrogen-bond donors (Lipinski definition) is 0. The Labute approximate surface area is 197 Å². The van der Waals surface area contributed by atoms with Gasteiger partial charge in [0.05, 0.1) is 16.7 Å². The van der Waals surface area contributed by atoms with Crippen LogP contribution in [0.2, 0.25) is 0 Å². The Bertz CT molecular complexity index is 1720. The molecule has 0 aliphatic carbocycles. The number of hydrogen-bond acceptors (Lipinski definition) is 3. The fourth-order valence-corrected chi connectivity index (χ4v) is 5.48. The largest absolute Gasteiger partial charge is 0.290 e. The Hall–Kier alpha value is -4.31. The molecule has 0 radical (unpaired) electrons. The summed E-state index contributed by atoms with van der Waals surface area (Å²) >= 11 is 0. The summed E-state index contributed by atoms with van der Waals surface area (Å²) in [6.45, 7) is 4.63. The van der Waals surface area contributed by atoms with Crippen molar-refractivity contribution in [2.75, 3.05) is 0 Å². The molecule has 0 atom stereocenters. The third kappa shape index (κ3) is 2.57. The summed E-state index contributed by atoms with van der Waals surface area (Å²) in [5, 5.41) is 2.52. The highest BCUT2D eigenvalue weighted by Gasteiger charge is 2.36. The third-order valence-electron chi connectivity index (χ3n) is 7.17. The van der Waals surface area contributed by atoms with Crippen LogP contribution in [0.1, 0.15) is 25.0 Å². The molecule has 7 rings (SSSR count). The molecule has 0 saturated heterocycles. The van der Waals surface area contributed by atoms with Crippen molar-refractivity contribution in [2.24, 2.45) is 0 Å². The molecule has 0 unspecified atom stereocenters. The predicted octanol–water partition coefficient (Wildman–Crippen LogP) is 6.94. The van der Waals surface area contributed by atoms with Gasteiger partial charge in [0.15, 0.2) is 5.82 Å². The van der Waals surface area contributed by atoms with Crippen LogP contribution in [0.4, 0.5) is 0 Å². The van der Waals surface area contributed by atoms with Gasteiger partial charge in [0.2, 0.25) is 0 Å². The smallest absolute Gasteiger partial charge is 0.164 e. The van der Waals surface area contributed by atoms with Crippen molar-refractivity contribution in [2.45, 2.75) is 19.3 Å². The molecule has 0 amide bonds. The highest BCUT2D eigenvalue weighted by atomic mass is 15.1. The van der Waals surface area contributed by atoms with Gasteiger partial charge < -0.3 is 0 Å². The second-order valence-electron chi connectivity index (χ2n) is 9.42. The summed E-state index contributed by atoms with van der Waals surface area (Å²) in [7, 11) is 0. The maximum atomic E-state index is 5.01. The van der Waals surface area contributed by atoms with E-state index >= 15 is 0 Å². The van der Waals surface area contributed by atoms with Crippen LogP contribution in [0.25, 0.3) is 50.1 Å². The molecule has 4 heteroatoms. The fraction of sp³-hybridized carbons (Fsp3) is 0.100. The zero-order valence-corrected chi connectivity index (χ0v) is 19.0. The second-order valence-corrected chi connectivity index (χ2v) is 9.42. The van der Waals surface area contributed by atoms with E-state index in [1.54, 1.807) is 12.5 Å². The monoisotopic (exact) mass is 438 g/mol. The molecule has 0 spiro atoms. The number of rotatable bonds is 2. The Kier molecular flexibility index (Phi) is 3.86. The zero-order valence-electron chi connectivity index (χ0n) is 19.0. The van der Waals surface area contributed by atoms with Gasteiger partial charge in [0.25, 0.3) is 0 Å². The van der Waals surface area contributed by atoms with Gasteiger partial charge in [-0.25, -0.2) is 15.0 Å². The maximum Gasteiger partial charge on any atom is 0.164 e. The first-order valence-electron chi connectivity index (χ1n) is 11.5. The first-order valence-corrected chi connectivity index (χ1v) is 11.5. The fourth-order valence-electron chi connectivity index (χ4n) is 5.48. The number of imidazole rings is 1. The molecular weight excluding hydrogens is 416 g/mol. The number of fused-ring (bicyclic) bond motifs is 3. The van der Waals surface area contributed by atoms with Gasteiger partial charge >= 0.3 is 0 Å². The highest BCUT2D eigenvalue weighted by Crippen LogP contribution is 2.47. The number of benzene rings is 4. The molecule has 1 aliphatic heterocycles. The van der Waals surface area contributed by atoms with E-state index in [0.717, 1.165) is 28.2 Å². The van der Waals surface area contributed by atoms with E-state index in [2.05, 4.69) is 107 Å². The molecule has 3 heterocycles. The van der Waals surface area contributed by atoms with Crippen LogP contribution in [-0.4, -0.2) is 19.5 Å². The minimum absolute atomic E-state index is 0.172. The van der Waals surface area contributed by atoms with Crippen molar-refractivity contribution in [1.82, 2.24) is 19.5 Å². The molecule has 34 heavy (non-hydrogen) atoms. The molecule has 162 valence electrons. The Morgan fingerprint density at radius 3 is 2.53 bits per heavy atom. The van der Waals surface area contributed by atoms with Crippen LogP contribution in [0.3, 0.4) is 0 Å². The Balaban J connectivity index is 1.54. The molecule has 1 aliphatic rings. The van der Waals surface area contributed by atoms with Crippen LogP contribution in [-0.2, 0) is 5.41 Å². The lowest BCUT2D eigenvalue weighted by atomic mass is 9.74. The SMILES string of the molecule is CC1(C)c2cc(-c3cccc4ccccc34)ccc2-n2c(-c3ccncn3)nc3cccc1c32. The second kappa shape index (κ2) is 6.84. The summed E-state index contributed by atoms with van der Waals surface area (Å²) in [6, 6.07) is 30.3. The zero-order chi connectivity index (χ0) is 22.9. The Morgan fingerprint density at radius 1 is 0.794 bits per heavy atom. The molecule has 0 fully saturated rings. The van der Waals surface area contributed by atoms with Crippen molar-refractivity contribution in [3.8, 4) is 28.3 Å². The van der Waals surface area contributed by atoms with Crippen molar-refractivity contribution in [3.63, 3.8) is 0 Å². The first-order chi connectivity index (χ1) is 16.6. The molecule has 0 saturated carbocycles. The quantitative estimate of drug-likeness (QED) is 0.294. The normalized spacial score (nSPS) is 13.8. The lowest BCUT2D eigenvalue weighted by molar-refractivity contribution is 0.629. The van der Waals surface area contributed by atoms with Gasteiger partial charge in [0, 0.05) is 11.6 Å². The maximum absolute atomic E-state index is 5.01. The number of nitrogens with zero attached hydrogens (tertiary/aromatic N) is 4. The van der Waals surface area contributed by atoms with Gasteiger partial charge in [-0.1, -0.05) is 74.5 Å². The lowest BCUT2D eigenvalue weighted by Gasteiger charge is -2.35. The van der Waals surface area contributed by atoms with E-state index in [1.807, 2.05) is 6.07 Å².